The lowest BCUT2D eigenvalue weighted by atomic mass is 9.80. The average Bonchev–Trinajstić information content (AvgIpc) is 2.57. The lowest BCUT2D eigenvalue weighted by molar-refractivity contribution is -0.153. The zero-order chi connectivity index (χ0) is 19.2. The van der Waals surface area contributed by atoms with E-state index < -0.39 is 41.4 Å². The van der Waals surface area contributed by atoms with Gasteiger partial charge in [0.2, 0.25) is 5.91 Å². The second-order valence-corrected chi connectivity index (χ2v) is 7.15. The van der Waals surface area contributed by atoms with Crippen LogP contribution in [-0.2, 0) is 19.1 Å². The minimum absolute atomic E-state index is 0.186. The Morgan fingerprint density at radius 3 is 2.24 bits per heavy atom. The predicted molar refractivity (Wildman–Crippen MR) is 90.4 cm³/mol. The Kier molecular flexibility index (Phi) is 7.98. The molecule has 0 unspecified atom stereocenters. The fraction of sp³-hybridized carbons (Fsp3) is 0.824. The SMILES string of the molecule is COC(=O)[C@@H](NC(=O)[C@H](N)C(C)C)[C@H](O)C(=O)CC1(O)CCCCC1. The van der Waals surface area contributed by atoms with Gasteiger partial charge >= 0.3 is 5.97 Å². The number of amides is 1. The number of nitrogens with two attached hydrogens (primary N) is 1. The molecule has 25 heavy (non-hydrogen) atoms. The summed E-state index contributed by atoms with van der Waals surface area (Å²) in [5.74, 6) is -2.50. The Hall–Kier alpha value is -1.51. The van der Waals surface area contributed by atoms with Gasteiger partial charge in [0.15, 0.2) is 11.8 Å². The van der Waals surface area contributed by atoms with E-state index in [4.69, 9.17) is 5.73 Å². The van der Waals surface area contributed by atoms with Gasteiger partial charge in [0, 0.05) is 6.42 Å². The fourth-order valence-electron chi connectivity index (χ4n) is 2.95. The van der Waals surface area contributed by atoms with Crippen LogP contribution < -0.4 is 11.1 Å². The first kappa shape index (κ1) is 21.5. The molecule has 0 heterocycles. The van der Waals surface area contributed by atoms with Crippen molar-refractivity contribution < 1.29 is 29.3 Å². The van der Waals surface area contributed by atoms with Crippen molar-refractivity contribution in [3.63, 3.8) is 0 Å². The van der Waals surface area contributed by atoms with Crippen LogP contribution in [0, 0.1) is 5.92 Å². The number of Topliss-reactive ketones (excluding diaryl/α,β-unsaturated/α-hetero) is 1. The number of esters is 1. The number of ketones is 1. The van der Waals surface area contributed by atoms with Gasteiger partial charge in [-0.15, -0.1) is 0 Å². The highest BCUT2D eigenvalue weighted by Gasteiger charge is 2.40. The number of hydrogen-bond acceptors (Lipinski definition) is 7. The topological polar surface area (TPSA) is 139 Å². The number of hydrogen-bond donors (Lipinski definition) is 4. The van der Waals surface area contributed by atoms with Crippen molar-refractivity contribution in [2.75, 3.05) is 7.11 Å². The van der Waals surface area contributed by atoms with E-state index in [-0.39, 0.29) is 12.3 Å². The highest BCUT2D eigenvalue weighted by atomic mass is 16.5. The Labute approximate surface area is 148 Å². The summed E-state index contributed by atoms with van der Waals surface area (Å²) in [4.78, 5) is 36.3. The monoisotopic (exact) mass is 358 g/mol. The lowest BCUT2D eigenvalue weighted by Crippen LogP contribution is -2.57. The molecule has 1 rings (SSSR count). The summed E-state index contributed by atoms with van der Waals surface area (Å²) in [6.45, 7) is 3.47. The van der Waals surface area contributed by atoms with E-state index >= 15 is 0 Å². The molecule has 1 amide bonds. The molecule has 0 saturated heterocycles. The van der Waals surface area contributed by atoms with E-state index in [1.807, 2.05) is 0 Å². The molecule has 144 valence electrons. The molecule has 5 N–H and O–H groups in total. The number of carbonyl (C=O) groups is 3. The summed E-state index contributed by atoms with van der Waals surface area (Å²) >= 11 is 0. The molecule has 8 nitrogen and oxygen atoms in total. The largest absolute Gasteiger partial charge is 0.467 e. The van der Waals surface area contributed by atoms with Crippen LogP contribution in [0.15, 0.2) is 0 Å². The molecule has 1 saturated carbocycles. The van der Waals surface area contributed by atoms with Crippen LogP contribution >= 0.6 is 0 Å². The Balaban J connectivity index is 2.81. The van der Waals surface area contributed by atoms with Gasteiger partial charge in [0.1, 0.15) is 6.10 Å². The predicted octanol–water partition coefficient (Wildman–Crippen LogP) is -0.357. The molecule has 0 aromatic carbocycles. The summed E-state index contributed by atoms with van der Waals surface area (Å²) in [7, 11) is 1.09. The third-order valence-electron chi connectivity index (χ3n) is 4.71. The summed E-state index contributed by atoms with van der Waals surface area (Å²) in [6.07, 6.45) is 1.47. The second kappa shape index (κ2) is 9.26. The zero-order valence-electron chi connectivity index (χ0n) is 15.2. The van der Waals surface area contributed by atoms with E-state index in [9.17, 15) is 24.6 Å². The van der Waals surface area contributed by atoms with Crippen molar-refractivity contribution >= 4 is 17.7 Å². The van der Waals surface area contributed by atoms with Gasteiger partial charge < -0.3 is 26.0 Å². The van der Waals surface area contributed by atoms with Crippen molar-refractivity contribution in [3.05, 3.63) is 0 Å². The van der Waals surface area contributed by atoms with Crippen molar-refractivity contribution in [2.24, 2.45) is 11.7 Å². The molecule has 0 aliphatic heterocycles. The summed E-state index contributed by atoms with van der Waals surface area (Å²) in [6, 6.07) is -2.45. The number of carbonyl (C=O) groups excluding carboxylic acids is 3. The minimum atomic E-state index is -1.80. The number of rotatable bonds is 8. The number of ether oxygens (including phenoxy) is 1. The maximum Gasteiger partial charge on any atom is 0.331 e. The van der Waals surface area contributed by atoms with Crippen LogP contribution in [0.5, 0.6) is 0 Å². The van der Waals surface area contributed by atoms with Crippen molar-refractivity contribution in [1.82, 2.24) is 5.32 Å². The summed E-state index contributed by atoms with van der Waals surface area (Å²) < 4.78 is 4.57. The molecule has 8 heteroatoms. The van der Waals surface area contributed by atoms with Crippen molar-refractivity contribution in [2.45, 2.75) is 76.2 Å². The van der Waals surface area contributed by atoms with Crippen LogP contribution in [0.25, 0.3) is 0 Å². The van der Waals surface area contributed by atoms with E-state index in [2.05, 4.69) is 10.1 Å². The lowest BCUT2D eigenvalue weighted by Gasteiger charge is -2.33. The van der Waals surface area contributed by atoms with Crippen molar-refractivity contribution in [3.8, 4) is 0 Å². The van der Waals surface area contributed by atoms with Gasteiger partial charge in [-0.05, 0) is 18.8 Å². The number of aliphatic hydroxyl groups excluding tert-OH is 1. The molecule has 0 radical (unpaired) electrons. The first-order valence-corrected chi connectivity index (χ1v) is 8.68. The molecular weight excluding hydrogens is 328 g/mol. The molecule has 0 bridgehead atoms. The normalized spacial score (nSPS) is 20.4. The first-order valence-electron chi connectivity index (χ1n) is 8.68. The van der Waals surface area contributed by atoms with Crippen LogP contribution in [-0.4, -0.2) is 58.8 Å². The quantitative estimate of drug-likeness (QED) is 0.435. The van der Waals surface area contributed by atoms with Crippen LogP contribution in [0.2, 0.25) is 0 Å². The first-order chi connectivity index (χ1) is 11.6. The highest BCUT2D eigenvalue weighted by Crippen LogP contribution is 2.31. The molecule has 0 aromatic rings. The number of nitrogens with one attached hydrogen (secondary N) is 1. The number of methoxy groups -OCH3 is 1. The van der Waals surface area contributed by atoms with Crippen LogP contribution in [0.3, 0.4) is 0 Å². The Morgan fingerprint density at radius 1 is 1.20 bits per heavy atom. The van der Waals surface area contributed by atoms with E-state index in [1.165, 1.54) is 0 Å². The summed E-state index contributed by atoms with van der Waals surface area (Å²) in [5, 5.41) is 23.0. The van der Waals surface area contributed by atoms with Gasteiger partial charge in [-0.1, -0.05) is 33.1 Å². The Bertz CT molecular complexity index is 488. The molecule has 1 aliphatic carbocycles. The maximum absolute atomic E-state index is 12.4. The third kappa shape index (κ3) is 6.05. The standard InChI is InChI=1S/C17H30N2O6/c1-10(2)12(18)15(22)19-13(16(23)25-3)14(21)11(20)9-17(24)7-5-4-6-8-17/h10,12-14,21,24H,4-9,18H2,1-3H3,(H,19,22)/t12-,13+,14-/m1/s1. The van der Waals surface area contributed by atoms with Crippen LogP contribution in [0.4, 0.5) is 0 Å². The van der Waals surface area contributed by atoms with Gasteiger partial charge in [-0.2, -0.15) is 0 Å². The second-order valence-electron chi connectivity index (χ2n) is 7.15. The van der Waals surface area contributed by atoms with E-state index in [0.717, 1.165) is 26.4 Å². The van der Waals surface area contributed by atoms with Gasteiger partial charge in [0.25, 0.3) is 0 Å². The molecule has 1 fully saturated rings. The van der Waals surface area contributed by atoms with Gasteiger partial charge in [-0.25, -0.2) is 4.79 Å². The maximum atomic E-state index is 12.4. The molecule has 3 atom stereocenters. The van der Waals surface area contributed by atoms with E-state index in [0.29, 0.717) is 12.8 Å². The molecule has 1 aliphatic rings. The minimum Gasteiger partial charge on any atom is -0.467 e. The highest BCUT2D eigenvalue weighted by molar-refractivity contribution is 5.94. The van der Waals surface area contributed by atoms with Gasteiger partial charge in [-0.3, -0.25) is 9.59 Å². The van der Waals surface area contributed by atoms with Gasteiger partial charge in [0.05, 0.1) is 18.8 Å². The molecule has 0 aromatic heterocycles. The zero-order valence-corrected chi connectivity index (χ0v) is 15.2. The average molecular weight is 358 g/mol. The van der Waals surface area contributed by atoms with E-state index in [1.54, 1.807) is 13.8 Å². The smallest absolute Gasteiger partial charge is 0.331 e. The van der Waals surface area contributed by atoms with Crippen LogP contribution in [0.1, 0.15) is 52.4 Å². The number of aliphatic hydroxyl groups is 2. The third-order valence-corrected chi connectivity index (χ3v) is 4.71. The molecular formula is C17H30N2O6. The molecule has 0 spiro atoms. The summed E-state index contributed by atoms with van der Waals surface area (Å²) in [5.41, 5.74) is 4.55. The fourth-order valence-corrected chi connectivity index (χ4v) is 2.95. The van der Waals surface area contributed by atoms with Crippen molar-refractivity contribution in [1.29, 1.82) is 0 Å². The Morgan fingerprint density at radius 2 is 1.76 bits per heavy atom.